The van der Waals surface area contributed by atoms with E-state index in [0.29, 0.717) is 0 Å². The van der Waals surface area contributed by atoms with Gasteiger partial charge in [0.2, 0.25) is 5.54 Å². The Morgan fingerprint density at radius 3 is 1.70 bits per heavy atom. The number of nitrogens with zero attached hydrogens (tertiary/aromatic N) is 2. The first-order chi connectivity index (χ1) is 9.32. The van der Waals surface area contributed by atoms with Gasteiger partial charge in [0.15, 0.2) is 0 Å². The second kappa shape index (κ2) is 7.12. The van der Waals surface area contributed by atoms with Gasteiger partial charge in [-0.1, -0.05) is 13.8 Å². The Labute approximate surface area is 125 Å². The molecule has 0 radical (unpaired) electrons. The first kappa shape index (κ1) is 17.0. The molecule has 2 heteroatoms. The Bertz CT molecular complexity index is 331. The van der Waals surface area contributed by atoms with Crippen LogP contribution < -0.4 is 0 Å². The number of nitriles is 1. The molecule has 0 amide bonds. The Morgan fingerprint density at radius 1 is 0.950 bits per heavy atom. The molecule has 0 aliphatic heterocycles. The maximum atomic E-state index is 8.79. The van der Waals surface area contributed by atoms with Crippen molar-refractivity contribution < 1.29 is 0 Å². The maximum absolute atomic E-state index is 8.79. The molecule has 2 aliphatic carbocycles. The van der Waals surface area contributed by atoms with Crippen LogP contribution in [0.1, 0.15) is 79.1 Å². The van der Waals surface area contributed by atoms with Gasteiger partial charge in [-0.3, -0.25) is 0 Å². The highest BCUT2D eigenvalue weighted by Crippen LogP contribution is 2.37. The Morgan fingerprint density at radius 2 is 1.35 bits per heavy atom. The van der Waals surface area contributed by atoms with Gasteiger partial charge < -0.3 is 4.85 Å². The van der Waals surface area contributed by atoms with E-state index in [1.165, 1.54) is 25.7 Å². The summed E-state index contributed by atoms with van der Waals surface area (Å²) in [6.45, 7) is 15.7. The fraction of sp³-hybridized carbons (Fsp3) is 0.889. The van der Waals surface area contributed by atoms with Crippen LogP contribution >= 0.6 is 0 Å². The zero-order valence-corrected chi connectivity index (χ0v) is 13.7. The zero-order chi connectivity index (χ0) is 15.2. The molecular weight excluding hydrogens is 244 g/mol. The normalized spacial score (nSPS) is 40.7. The summed E-state index contributed by atoms with van der Waals surface area (Å²) in [5.41, 5.74) is -0.000972. The summed E-state index contributed by atoms with van der Waals surface area (Å²) in [4.78, 5) is 3.66. The van der Waals surface area contributed by atoms with E-state index in [1.807, 2.05) is 0 Å². The van der Waals surface area contributed by atoms with Gasteiger partial charge in [0.05, 0.1) is 11.5 Å². The van der Waals surface area contributed by atoms with E-state index in [-0.39, 0.29) is 11.0 Å². The van der Waals surface area contributed by atoms with E-state index < -0.39 is 0 Å². The third-order valence-corrected chi connectivity index (χ3v) is 5.27. The maximum Gasteiger partial charge on any atom is 0.229 e. The van der Waals surface area contributed by atoms with Gasteiger partial charge in [0, 0.05) is 19.8 Å². The van der Waals surface area contributed by atoms with E-state index >= 15 is 0 Å². The van der Waals surface area contributed by atoms with Gasteiger partial charge in [-0.25, -0.2) is 6.57 Å². The van der Waals surface area contributed by atoms with Crippen LogP contribution in [0.25, 0.3) is 4.85 Å². The number of hydrogen-bond acceptors (Lipinski definition) is 1. The van der Waals surface area contributed by atoms with E-state index in [2.05, 4.69) is 38.6 Å². The lowest BCUT2D eigenvalue weighted by molar-refractivity contribution is 0.241. The van der Waals surface area contributed by atoms with E-state index in [0.717, 1.165) is 37.5 Å². The zero-order valence-electron chi connectivity index (χ0n) is 13.7. The van der Waals surface area contributed by atoms with Crippen molar-refractivity contribution in [3.63, 3.8) is 0 Å². The highest BCUT2D eigenvalue weighted by atomic mass is 14.8. The minimum atomic E-state index is -0.00743. The van der Waals surface area contributed by atoms with E-state index in [1.54, 1.807) is 0 Å². The molecule has 0 N–H and O–H groups in total. The van der Waals surface area contributed by atoms with Crippen LogP contribution in [0.2, 0.25) is 0 Å². The van der Waals surface area contributed by atoms with Gasteiger partial charge in [-0.15, -0.1) is 0 Å². The Balaban J connectivity index is 0.000000200. The number of hydrogen-bond donors (Lipinski definition) is 0. The van der Waals surface area contributed by atoms with Crippen LogP contribution in [0.4, 0.5) is 0 Å². The lowest BCUT2D eigenvalue weighted by atomic mass is 9.73. The molecule has 0 saturated heterocycles. The predicted molar refractivity (Wildman–Crippen MR) is 84.0 cm³/mol. The van der Waals surface area contributed by atoms with Crippen molar-refractivity contribution in [2.24, 2.45) is 17.3 Å². The fourth-order valence-electron chi connectivity index (χ4n) is 3.01. The molecule has 2 fully saturated rings. The molecular formula is C18H30N2. The van der Waals surface area contributed by atoms with Crippen LogP contribution in [0, 0.1) is 35.2 Å². The molecule has 2 nitrogen and oxygen atoms in total. The monoisotopic (exact) mass is 274 g/mol. The molecule has 0 atom stereocenters. The largest absolute Gasteiger partial charge is 0.311 e. The van der Waals surface area contributed by atoms with Crippen molar-refractivity contribution in [2.75, 3.05) is 0 Å². The minimum absolute atomic E-state index is 0.00646. The van der Waals surface area contributed by atoms with Crippen LogP contribution in [0.5, 0.6) is 0 Å². The van der Waals surface area contributed by atoms with Crippen molar-refractivity contribution in [2.45, 2.75) is 84.6 Å². The molecule has 0 aromatic heterocycles. The Hall–Kier alpha value is -1.02. The smallest absolute Gasteiger partial charge is 0.229 e. The van der Waals surface area contributed by atoms with Crippen LogP contribution in [0.3, 0.4) is 0 Å². The van der Waals surface area contributed by atoms with Gasteiger partial charge in [0.1, 0.15) is 0 Å². The summed E-state index contributed by atoms with van der Waals surface area (Å²) in [6.07, 6.45) is 9.40. The SMILES string of the molecule is CC1CCC(C)(C#N)CC1.[C-]#[N+]C1(C)CCC(C)CC1. The first-order valence-corrected chi connectivity index (χ1v) is 8.12. The molecule has 0 aromatic rings. The Kier molecular flexibility index (Phi) is 6.07. The van der Waals surface area contributed by atoms with E-state index in [9.17, 15) is 0 Å². The summed E-state index contributed by atoms with van der Waals surface area (Å²) < 4.78 is 0. The molecule has 0 heterocycles. The van der Waals surface area contributed by atoms with Crippen LogP contribution in [-0.4, -0.2) is 5.54 Å². The van der Waals surface area contributed by atoms with Crippen molar-refractivity contribution in [1.82, 2.24) is 0 Å². The van der Waals surface area contributed by atoms with Crippen molar-refractivity contribution >= 4 is 0 Å². The minimum Gasteiger partial charge on any atom is -0.311 e. The molecule has 0 bridgehead atoms. The summed E-state index contributed by atoms with van der Waals surface area (Å²) in [5.74, 6) is 1.70. The second-order valence-electron chi connectivity index (χ2n) is 7.65. The molecule has 0 aromatic carbocycles. The quantitative estimate of drug-likeness (QED) is 0.528. The van der Waals surface area contributed by atoms with Crippen molar-refractivity contribution in [3.8, 4) is 6.07 Å². The van der Waals surface area contributed by atoms with Crippen LogP contribution in [0.15, 0.2) is 0 Å². The summed E-state index contributed by atoms with van der Waals surface area (Å²) >= 11 is 0. The molecule has 2 rings (SSSR count). The summed E-state index contributed by atoms with van der Waals surface area (Å²) in [7, 11) is 0. The lowest BCUT2D eigenvalue weighted by Gasteiger charge is -2.29. The fourth-order valence-corrected chi connectivity index (χ4v) is 3.01. The molecule has 2 saturated carbocycles. The molecule has 112 valence electrons. The van der Waals surface area contributed by atoms with Gasteiger partial charge >= 0.3 is 0 Å². The first-order valence-electron chi connectivity index (χ1n) is 8.12. The molecule has 0 unspecified atom stereocenters. The summed E-state index contributed by atoms with van der Waals surface area (Å²) in [5, 5.41) is 8.79. The molecule has 20 heavy (non-hydrogen) atoms. The van der Waals surface area contributed by atoms with E-state index in [4.69, 9.17) is 11.8 Å². The number of rotatable bonds is 0. The molecule has 0 spiro atoms. The highest BCUT2D eigenvalue weighted by molar-refractivity contribution is 4.98. The highest BCUT2D eigenvalue weighted by Gasteiger charge is 2.34. The molecule has 2 aliphatic rings. The van der Waals surface area contributed by atoms with Gasteiger partial charge in [0.25, 0.3) is 0 Å². The summed E-state index contributed by atoms with van der Waals surface area (Å²) in [6, 6.07) is 2.40. The van der Waals surface area contributed by atoms with Gasteiger partial charge in [-0.2, -0.15) is 5.26 Å². The predicted octanol–water partition coefficient (Wildman–Crippen LogP) is 5.60. The average molecular weight is 274 g/mol. The third kappa shape index (κ3) is 5.16. The standard InChI is InChI=1S/2C9H15N/c1-8-4-6-9(2,10-3)7-5-8;1-8-3-5-9(2,7-10)6-4-8/h8H,4-7H2,1-2H3;8H,3-6H2,1-2H3. The average Bonchev–Trinajstić information content (AvgIpc) is 2.47. The van der Waals surface area contributed by atoms with Crippen molar-refractivity contribution in [3.05, 3.63) is 11.4 Å². The topological polar surface area (TPSA) is 28.1 Å². The van der Waals surface area contributed by atoms with Gasteiger partial charge in [-0.05, 0) is 57.3 Å². The third-order valence-electron chi connectivity index (χ3n) is 5.27. The second-order valence-corrected chi connectivity index (χ2v) is 7.65. The van der Waals surface area contributed by atoms with Crippen LogP contribution in [-0.2, 0) is 0 Å². The van der Waals surface area contributed by atoms with Crippen molar-refractivity contribution in [1.29, 1.82) is 5.26 Å². The lowest BCUT2D eigenvalue weighted by Crippen LogP contribution is -2.26.